The van der Waals surface area contributed by atoms with Gasteiger partial charge >= 0.3 is 120 Å². The van der Waals surface area contributed by atoms with Gasteiger partial charge in [-0.3, -0.25) is 0 Å². The summed E-state index contributed by atoms with van der Waals surface area (Å²) in [6.45, 7) is 25.3. The summed E-state index contributed by atoms with van der Waals surface area (Å²) in [6.07, 6.45) is 2.15. The normalized spacial score (nSPS) is 15.3. The molecule has 7 rings (SSSR count). The molecule has 0 amide bonds. The van der Waals surface area contributed by atoms with Gasteiger partial charge in [0, 0.05) is 24.5 Å². The van der Waals surface area contributed by atoms with Crippen LogP contribution in [0.5, 0.6) is 0 Å². The fourth-order valence-electron chi connectivity index (χ4n) is 7.20. The SMILES string of the molecule is CCN1[CH-]N(CC)C(Cl)=C1Cl.Cc1cc(C)c(N2[CH-]N(c3c(C)cc(C)cc3C)CC2)c(C)c1.[Cl][Ru]([Cl])=[C]1C=C(c2ccccc2)c2ccccc21. The van der Waals surface area contributed by atoms with Crippen molar-refractivity contribution in [3.05, 3.63) is 159 Å². The maximum atomic E-state index is 6.19. The fourth-order valence-corrected chi connectivity index (χ4v) is 10.2. The van der Waals surface area contributed by atoms with Crippen molar-refractivity contribution < 1.29 is 13.5 Å². The molecule has 0 bridgehead atoms. The van der Waals surface area contributed by atoms with Gasteiger partial charge in [0.2, 0.25) is 0 Å². The van der Waals surface area contributed by atoms with Crippen molar-refractivity contribution in [1.29, 1.82) is 0 Å². The zero-order valence-corrected chi connectivity index (χ0v) is 36.0. The van der Waals surface area contributed by atoms with Crippen LogP contribution in [0, 0.1) is 54.9 Å². The van der Waals surface area contributed by atoms with Gasteiger partial charge in [-0.15, -0.1) is 0 Å². The summed E-state index contributed by atoms with van der Waals surface area (Å²) in [5.74, 6) is 0. The van der Waals surface area contributed by atoms with Crippen LogP contribution in [0.15, 0.2) is 95.3 Å². The molecule has 1 saturated heterocycles. The average Bonchev–Trinajstić information content (AvgIpc) is 3.81. The summed E-state index contributed by atoms with van der Waals surface area (Å²) in [5, 5.41) is 1.24. The van der Waals surface area contributed by atoms with Gasteiger partial charge in [-0.1, -0.05) is 58.6 Å². The monoisotopic (exact) mass is 862 g/mol. The first-order valence-electron chi connectivity index (χ1n) is 17.6. The summed E-state index contributed by atoms with van der Waals surface area (Å²) in [7, 11) is 12.4. The number of nitrogens with zero attached hydrogens (tertiary/aromatic N) is 4. The van der Waals surface area contributed by atoms with E-state index in [2.05, 4.69) is 119 Å². The number of allylic oxidation sites excluding steroid dienone is 1. The molecule has 52 heavy (non-hydrogen) atoms. The molecule has 1 aliphatic carbocycles. The molecule has 0 unspecified atom stereocenters. The Labute approximate surface area is 334 Å². The molecular formula is C43H48Cl4N4Ru-2. The number of hydrogen-bond acceptors (Lipinski definition) is 4. The number of benzene rings is 4. The molecule has 2 aliphatic heterocycles. The van der Waals surface area contributed by atoms with Gasteiger partial charge < -0.3 is 19.6 Å². The first-order chi connectivity index (χ1) is 24.8. The van der Waals surface area contributed by atoms with E-state index in [0.717, 1.165) is 30.3 Å². The Balaban J connectivity index is 0.000000160. The Morgan fingerprint density at radius 1 is 0.596 bits per heavy atom. The van der Waals surface area contributed by atoms with Crippen LogP contribution in [-0.4, -0.2) is 40.1 Å². The van der Waals surface area contributed by atoms with Crippen LogP contribution < -0.4 is 9.80 Å². The van der Waals surface area contributed by atoms with Gasteiger partial charge in [0.15, 0.2) is 0 Å². The molecule has 1 fully saturated rings. The Bertz CT molecular complexity index is 1870. The number of halogens is 4. The Hall–Kier alpha value is -2.79. The standard InChI is InChI=1S/C21H27N2.C15H10.C7H11Cl2N2.2ClH.Ru/c1-14-9-16(3)20(17(4)10-14)22-7-8-23(13-22)21-18(5)11-15(2)12-19(21)6;1-2-6-12(7-3-1)15-11-10-13-8-4-5-9-14(13)15;1-3-10-5-11(4-2)7(9)6(10)8;;;/h9-13H,7-8H2,1-6H3;1-9,11H;5H,3-4H2,1-2H3;2*1H;/q-1;;-1;;;+2/p-2. The van der Waals surface area contributed by atoms with Crippen molar-refractivity contribution in [2.75, 3.05) is 36.0 Å². The first kappa shape index (κ1) is 40.4. The molecule has 4 nitrogen and oxygen atoms in total. The van der Waals surface area contributed by atoms with Crippen LogP contribution in [0.25, 0.3) is 5.57 Å². The van der Waals surface area contributed by atoms with Crippen LogP contribution in [0.1, 0.15) is 63.9 Å². The number of aryl methyl sites for hydroxylation is 6. The zero-order valence-electron chi connectivity index (χ0n) is 31.2. The topological polar surface area (TPSA) is 13.0 Å². The quantitative estimate of drug-likeness (QED) is 0.113. The first-order valence-corrected chi connectivity index (χ1v) is 23.7. The van der Waals surface area contributed by atoms with Crippen molar-refractivity contribution in [3.8, 4) is 0 Å². The van der Waals surface area contributed by atoms with E-state index < -0.39 is 13.5 Å². The second kappa shape index (κ2) is 18.0. The van der Waals surface area contributed by atoms with E-state index in [0.29, 0.717) is 10.3 Å². The summed E-state index contributed by atoms with van der Waals surface area (Å²) in [4.78, 5) is 8.63. The minimum atomic E-state index is -1.88. The summed E-state index contributed by atoms with van der Waals surface area (Å²) in [6, 6.07) is 27.8. The van der Waals surface area contributed by atoms with E-state index in [1.807, 2.05) is 54.6 Å². The van der Waals surface area contributed by atoms with Gasteiger partial charge in [0.1, 0.15) is 10.3 Å². The number of anilines is 2. The summed E-state index contributed by atoms with van der Waals surface area (Å²) >= 11 is 9.93. The van der Waals surface area contributed by atoms with Gasteiger partial charge in [-0.25, -0.2) is 0 Å². The van der Waals surface area contributed by atoms with Crippen molar-refractivity contribution in [2.24, 2.45) is 0 Å². The van der Waals surface area contributed by atoms with E-state index in [4.69, 9.17) is 42.6 Å². The fraction of sp³-hybridized carbons (Fsp3) is 0.279. The predicted molar refractivity (Wildman–Crippen MR) is 224 cm³/mol. The molecule has 2 heterocycles. The third-order valence-corrected chi connectivity index (χ3v) is 13.3. The van der Waals surface area contributed by atoms with Gasteiger partial charge in [0.05, 0.1) is 0 Å². The van der Waals surface area contributed by atoms with Crippen LogP contribution in [0.4, 0.5) is 11.4 Å². The van der Waals surface area contributed by atoms with E-state index >= 15 is 0 Å². The molecule has 4 aromatic carbocycles. The Morgan fingerprint density at radius 2 is 1.02 bits per heavy atom. The van der Waals surface area contributed by atoms with E-state index in [-0.39, 0.29) is 0 Å². The molecule has 278 valence electrons. The van der Waals surface area contributed by atoms with Crippen molar-refractivity contribution >= 4 is 63.6 Å². The van der Waals surface area contributed by atoms with Gasteiger partial charge in [0.25, 0.3) is 0 Å². The van der Waals surface area contributed by atoms with Crippen LogP contribution in [0.2, 0.25) is 0 Å². The van der Waals surface area contributed by atoms with Crippen LogP contribution >= 0.6 is 42.6 Å². The van der Waals surface area contributed by atoms with E-state index in [1.54, 1.807) is 0 Å². The van der Waals surface area contributed by atoms with Crippen LogP contribution in [0.3, 0.4) is 0 Å². The van der Waals surface area contributed by atoms with E-state index in [1.165, 1.54) is 67.0 Å². The predicted octanol–water partition coefficient (Wildman–Crippen LogP) is 11.9. The summed E-state index contributed by atoms with van der Waals surface area (Å²) in [5.41, 5.74) is 15.7. The van der Waals surface area contributed by atoms with Crippen molar-refractivity contribution in [2.45, 2.75) is 55.4 Å². The molecule has 0 spiro atoms. The van der Waals surface area contributed by atoms with Crippen LogP contribution in [-0.2, 0) is 13.5 Å². The molecule has 0 N–H and O–H groups in total. The summed E-state index contributed by atoms with van der Waals surface area (Å²) < 4.78 is 1.12. The van der Waals surface area contributed by atoms with Crippen molar-refractivity contribution in [1.82, 2.24) is 9.80 Å². The molecular weight excluding hydrogens is 815 g/mol. The molecule has 4 aromatic rings. The third kappa shape index (κ3) is 9.11. The number of rotatable bonds is 5. The maximum absolute atomic E-state index is 6.19. The molecule has 0 saturated carbocycles. The van der Waals surface area contributed by atoms with Crippen molar-refractivity contribution in [3.63, 3.8) is 0 Å². The molecule has 0 radical (unpaired) electrons. The molecule has 0 atom stereocenters. The Morgan fingerprint density at radius 3 is 1.42 bits per heavy atom. The number of hydrogen-bond donors (Lipinski definition) is 0. The second-order valence-corrected chi connectivity index (χ2v) is 19.8. The zero-order chi connectivity index (χ0) is 37.7. The average molecular weight is 864 g/mol. The minimum absolute atomic E-state index is 0.621. The third-order valence-electron chi connectivity index (χ3n) is 9.30. The number of fused-ring (bicyclic) bond motifs is 1. The molecule has 3 aliphatic rings. The van der Waals surface area contributed by atoms with Gasteiger partial charge in [-0.2, -0.15) is 13.3 Å². The van der Waals surface area contributed by atoms with Gasteiger partial charge in [-0.05, 0) is 90.7 Å². The Kier molecular flexibility index (Phi) is 14.0. The molecule has 9 heteroatoms. The van der Waals surface area contributed by atoms with E-state index in [9.17, 15) is 0 Å². The second-order valence-electron chi connectivity index (χ2n) is 13.3. The molecule has 0 aromatic heterocycles.